The number of carbonyl (C=O) groups is 1. The van der Waals surface area contributed by atoms with Crippen LogP contribution in [-0.2, 0) is 14.8 Å². The molecule has 1 heterocycles. The Kier molecular flexibility index (Phi) is 5.65. The topological polar surface area (TPSA) is 140 Å². The Labute approximate surface area is 143 Å². The van der Waals surface area contributed by atoms with E-state index in [-0.39, 0.29) is 27.9 Å². The van der Waals surface area contributed by atoms with Crippen LogP contribution in [0.4, 0.5) is 5.69 Å². The van der Waals surface area contributed by atoms with E-state index in [1.807, 2.05) is 6.92 Å². The van der Waals surface area contributed by atoms with Crippen molar-refractivity contribution in [2.24, 2.45) is 0 Å². The number of hydrogen-bond acceptors (Lipinski definition) is 6. The van der Waals surface area contributed by atoms with Gasteiger partial charge in [-0.1, -0.05) is 19.8 Å². The zero-order chi connectivity index (χ0) is 18.6. The molecule has 0 aliphatic rings. The van der Waals surface area contributed by atoms with E-state index in [9.17, 15) is 28.4 Å². The van der Waals surface area contributed by atoms with Crippen molar-refractivity contribution >= 4 is 32.6 Å². The molecule has 0 fully saturated rings. The van der Waals surface area contributed by atoms with E-state index in [1.165, 1.54) is 18.3 Å². The SMILES string of the molecule is CCCC[C@H](NS(=O)(=O)c1ccc([N+](=O)[O-])c2cccnc12)C(=O)O. The Morgan fingerprint density at radius 3 is 2.72 bits per heavy atom. The number of pyridine rings is 1. The highest BCUT2D eigenvalue weighted by Gasteiger charge is 2.28. The third-order valence-electron chi connectivity index (χ3n) is 3.64. The molecule has 0 amide bonds. The summed E-state index contributed by atoms with van der Waals surface area (Å²) in [7, 11) is -4.22. The lowest BCUT2D eigenvalue weighted by molar-refractivity contribution is -0.383. The molecule has 2 rings (SSSR count). The summed E-state index contributed by atoms with van der Waals surface area (Å²) in [6.45, 7) is 1.86. The molecule has 9 nitrogen and oxygen atoms in total. The number of aliphatic carboxylic acids is 1. The summed E-state index contributed by atoms with van der Waals surface area (Å²) in [6, 6.07) is 3.71. The van der Waals surface area contributed by atoms with Gasteiger partial charge < -0.3 is 5.11 Å². The van der Waals surface area contributed by atoms with Gasteiger partial charge in [-0.2, -0.15) is 4.72 Å². The first-order chi connectivity index (χ1) is 11.8. The molecule has 0 unspecified atom stereocenters. The van der Waals surface area contributed by atoms with Crippen LogP contribution in [0.15, 0.2) is 35.4 Å². The normalized spacial score (nSPS) is 12.8. The van der Waals surface area contributed by atoms with Crippen molar-refractivity contribution in [1.82, 2.24) is 9.71 Å². The number of nitrogens with one attached hydrogen (secondary N) is 1. The lowest BCUT2D eigenvalue weighted by Gasteiger charge is -2.15. The van der Waals surface area contributed by atoms with Crippen LogP contribution in [0.2, 0.25) is 0 Å². The van der Waals surface area contributed by atoms with Gasteiger partial charge in [0.25, 0.3) is 5.69 Å². The molecule has 25 heavy (non-hydrogen) atoms. The fourth-order valence-electron chi connectivity index (χ4n) is 2.40. The van der Waals surface area contributed by atoms with Crippen LogP contribution < -0.4 is 4.72 Å². The third-order valence-corrected chi connectivity index (χ3v) is 5.14. The summed E-state index contributed by atoms with van der Waals surface area (Å²) in [5.41, 5.74) is -0.355. The molecule has 10 heteroatoms. The predicted octanol–water partition coefficient (Wildman–Crippen LogP) is 2.06. The fourth-order valence-corrected chi connectivity index (χ4v) is 3.78. The summed E-state index contributed by atoms with van der Waals surface area (Å²) < 4.78 is 27.4. The van der Waals surface area contributed by atoms with E-state index in [1.54, 1.807) is 0 Å². The third kappa shape index (κ3) is 4.09. The van der Waals surface area contributed by atoms with Gasteiger partial charge in [0.05, 0.1) is 15.8 Å². The minimum absolute atomic E-state index is 0.0656. The molecule has 0 spiro atoms. The van der Waals surface area contributed by atoms with E-state index >= 15 is 0 Å². The second-order valence-corrected chi connectivity index (χ2v) is 7.08. The Hall–Kier alpha value is -2.59. The number of nitrogens with zero attached hydrogens (tertiary/aromatic N) is 2. The molecule has 0 aliphatic carbocycles. The van der Waals surface area contributed by atoms with Gasteiger partial charge in [0.1, 0.15) is 10.9 Å². The first kappa shape index (κ1) is 18.7. The van der Waals surface area contributed by atoms with Gasteiger partial charge in [0, 0.05) is 12.3 Å². The second-order valence-electron chi connectivity index (χ2n) is 5.39. The number of aromatic nitrogens is 1. The maximum atomic E-state index is 12.6. The molecule has 0 radical (unpaired) electrons. The molecule has 1 aromatic heterocycles. The first-order valence-electron chi connectivity index (χ1n) is 7.55. The molecular weight excluding hydrogens is 350 g/mol. The summed E-state index contributed by atoms with van der Waals surface area (Å²) in [5.74, 6) is -1.28. The van der Waals surface area contributed by atoms with E-state index in [2.05, 4.69) is 9.71 Å². The average Bonchev–Trinajstić information content (AvgIpc) is 2.57. The quantitative estimate of drug-likeness (QED) is 0.537. The number of unbranched alkanes of at least 4 members (excludes halogenated alkanes) is 1. The maximum absolute atomic E-state index is 12.6. The van der Waals surface area contributed by atoms with Gasteiger partial charge in [0.2, 0.25) is 10.0 Å². The van der Waals surface area contributed by atoms with Gasteiger partial charge in [0.15, 0.2) is 0 Å². The number of hydrogen-bond donors (Lipinski definition) is 2. The minimum Gasteiger partial charge on any atom is -0.480 e. The number of carboxylic acid groups (broad SMARTS) is 1. The van der Waals surface area contributed by atoms with E-state index in [0.717, 1.165) is 12.1 Å². The van der Waals surface area contributed by atoms with Crippen molar-refractivity contribution in [2.75, 3.05) is 0 Å². The Balaban J connectivity index is 2.51. The molecule has 0 saturated heterocycles. The van der Waals surface area contributed by atoms with Gasteiger partial charge >= 0.3 is 5.97 Å². The Morgan fingerprint density at radius 2 is 2.12 bits per heavy atom. The van der Waals surface area contributed by atoms with Crippen LogP contribution in [0.25, 0.3) is 10.9 Å². The molecule has 0 bridgehead atoms. The van der Waals surface area contributed by atoms with E-state index in [0.29, 0.717) is 12.8 Å². The van der Waals surface area contributed by atoms with E-state index < -0.39 is 27.0 Å². The van der Waals surface area contributed by atoms with Crippen molar-refractivity contribution in [1.29, 1.82) is 0 Å². The maximum Gasteiger partial charge on any atom is 0.321 e. The zero-order valence-corrected chi connectivity index (χ0v) is 14.2. The second kappa shape index (κ2) is 7.53. The molecule has 134 valence electrons. The molecule has 1 aromatic carbocycles. The molecule has 2 aromatic rings. The highest BCUT2D eigenvalue weighted by atomic mass is 32.2. The van der Waals surface area contributed by atoms with Crippen molar-refractivity contribution in [3.05, 3.63) is 40.6 Å². The number of sulfonamides is 1. The number of nitro groups is 1. The first-order valence-corrected chi connectivity index (χ1v) is 9.03. The monoisotopic (exact) mass is 367 g/mol. The largest absolute Gasteiger partial charge is 0.480 e. The number of benzene rings is 1. The average molecular weight is 367 g/mol. The molecule has 0 aliphatic heterocycles. The van der Waals surface area contributed by atoms with Gasteiger partial charge in [-0.15, -0.1) is 0 Å². The Bertz CT molecular complexity index is 913. The highest BCUT2D eigenvalue weighted by Crippen LogP contribution is 2.29. The van der Waals surface area contributed by atoms with Crippen LogP contribution in [0.5, 0.6) is 0 Å². The molecule has 0 saturated carbocycles. The summed E-state index contributed by atoms with van der Waals surface area (Å²) >= 11 is 0. The standard InChI is InChI=1S/C15H17N3O6S/c1-2-3-6-11(15(19)20)17-25(23,24)13-8-7-12(18(21)22)10-5-4-9-16-14(10)13/h4-5,7-9,11,17H,2-3,6H2,1H3,(H,19,20)/t11-/m0/s1. The number of carboxylic acids is 1. The smallest absolute Gasteiger partial charge is 0.321 e. The van der Waals surface area contributed by atoms with Crippen LogP contribution in [0, 0.1) is 10.1 Å². The lowest BCUT2D eigenvalue weighted by atomic mass is 10.1. The fraction of sp³-hybridized carbons (Fsp3) is 0.333. The lowest BCUT2D eigenvalue weighted by Crippen LogP contribution is -2.40. The molecular formula is C15H17N3O6S. The highest BCUT2D eigenvalue weighted by molar-refractivity contribution is 7.89. The number of rotatable bonds is 8. The van der Waals surface area contributed by atoms with Crippen LogP contribution >= 0.6 is 0 Å². The number of non-ortho nitro benzene ring substituents is 1. The van der Waals surface area contributed by atoms with Gasteiger partial charge in [-0.25, -0.2) is 8.42 Å². The van der Waals surface area contributed by atoms with Gasteiger partial charge in [-0.05, 0) is 24.6 Å². The van der Waals surface area contributed by atoms with Crippen molar-refractivity contribution in [3.63, 3.8) is 0 Å². The van der Waals surface area contributed by atoms with Crippen LogP contribution in [0.1, 0.15) is 26.2 Å². The van der Waals surface area contributed by atoms with Gasteiger partial charge in [-0.3, -0.25) is 19.9 Å². The van der Waals surface area contributed by atoms with Crippen molar-refractivity contribution in [3.8, 4) is 0 Å². The summed E-state index contributed by atoms with van der Waals surface area (Å²) in [4.78, 5) is 25.4. The van der Waals surface area contributed by atoms with Crippen molar-refractivity contribution < 1.29 is 23.2 Å². The van der Waals surface area contributed by atoms with Crippen LogP contribution in [-0.4, -0.2) is 35.4 Å². The summed E-state index contributed by atoms with van der Waals surface area (Å²) in [5, 5.41) is 20.4. The van der Waals surface area contributed by atoms with Crippen LogP contribution in [0.3, 0.4) is 0 Å². The molecule has 2 N–H and O–H groups in total. The minimum atomic E-state index is -4.22. The zero-order valence-electron chi connectivity index (χ0n) is 13.4. The Morgan fingerprint density at radius 1 is 1.40 bits per heavy atom. The number of nitro benzene ring substituents is 1. The van der Waals surface area contributed by atoms with E-state index in [4.69, 9.17) is 0 Å². The van der Waals surface area contributed by atoms with Crippen molar-refractivity contribution in [2.45, 2.75) is 37.1 Å². The summed E-state index contributed by atoms with van der Waals surface area (Å²) in [6.07, 6.45) is 2.71. The number of fused-ring (bicyclic) bond motifs is 1. The predicted molar refractivity (Wildman–Crippen MR) is 89.7 cm³/mol. The molecule has 1 atom stereocenters.